The van der Waals surface area contributed by atoms with Gasteiger partial charge in [-0.2, -0.15) is 0 Å². The van der Waals surface area contributed by atoms with Crippen LogP contribution in [0.1, 0.15) is 77.0 Å². The molecule has 0 spiro atoms. The van der Waals surface area contributed by atoms with Gasteiger partial charge in [0.1, 0.15) is 0 Å². The molecule has 160 valence electrons. The van der Waals surface area contributed by atoms with Gasteiger partial charge in [0.25, 0.3) is 0 Å². The largest absolute Gasteiger partial charge is 0.444 e. The van der Waals surface area contributed by atoms with E-state index in [0.29, 0.717) is 51.4 Å². The van der Waals surface area contributed by atoms with Gasteiger partial charge in [-0.3, -0.25) is 21.1 Å². The lowest BCUT2D eigenvalue weighted by Crippen LogP contribution is -2.51. The number of nitrogens with two attached hydrogens (primary N) is 4. The van der Waals surface area contributed by atoms with Gasteiger partial charge >= 0.3 is 11.9 Å². The summed E-state index contributed by atoms with van der Waals surface area (Å²) >= 11 is 0. The third-order valence-corrected chi connectivity index (χ3v) is 6.75. The van der Waals surface area contributed by atoms with Crippen LogP contribution in [-0.2, 0) is 19.1 Å². The van der Waals surface area contributed by atoms with Gasteiger partial charge < -0.3 is 20.9 Å². The fraction of sp³-hybridized carbons (Fsp3) is 0.900. The molecule has 3 aliphatic rings. The van der Waals surface area contributed by atoms with E-state index in [-0.39, 0.29) is 35.9 Å². The first kappa shape index (κ1) is 21.5. The molecule has 8 heteroatoms. The van der Waals surface area contributed by atoms with Crippen molar-refractivity contribution in [1.29, 1.82) is 0 Å². The molecule has 3 saturated carbocycles. The highest BCUT2D eigenvalue weighted by molar-refractivity contribution is 5.75. The molecule has 0 atom stereocenters. The average Bonchev–Trinajstić information content (AvgIpc) is 2.67. The molecule has 8 N–H and O–H groups in total. The van der Waals surface area contributed by atoms with Gasteiger partial charge in [0.2, 0.25) is 0 Å². The minimum Gasteiger partial charge on any atom is -0.444 e. The maximum atomic E-state index is 12.5. The Balaban J connectivity index is 1.43. The molecule has 0 aliphatic heterocycles. The summed E-state index contributed by atoms with van der Waals surface area (Å²) in [5, 5.41) is 0. The SMILES string of the molecule is NC1CCC(N)(OC(=O)C2CCC(C(=O)OC3(N)CCC(N)CC3)CC2)CC1. The summed E-state index contributed by atoms with van der Waals surface area (Å²) in [5.41, 5.74) is 22.5. The molecule has 0 unspecified atom stereocenters. The first-order chi connectivity index (χ1) is 13.2. The monoisotopic (exact) mass is 396 g/mol. The third kappa shape index (κ3) is 5.43. The maximum Gasteiger partial charge on any atom is 0.310 e. The van der Waals surface area contributed by atoms with Crippen LogP contribution in [0, 0.1) is 11.8 Å². The zero-order valence-electron chi connectivity index (χ0n) is 16.7. The minimum atomic E-state index is -0.892. The summed E-state index contributed by atoms with van der Waals surface area (Å²) in [6.07, 6.45) is 7.92. The Labute approximate surface area is 167 Å². The van der Waals surface area contributed by atoms with Crippen LogP contribution < -0.4 is 22.9 Å². The topological polar surface area (TPSA) is 157 Å². The van der Waals surface area contributed by atoms with Gasteiger partial charge in [0, 0.05) is 37.8 Å². The van der Waals surface area contributed by atoms with Crippen LogP contribution >= 0.6 is 0 Å². The van der Waals surface area contributed by atoms with Gasteiger partial charge in [0.05, 0.1) is 11.8 Å². The number of hydrogen-bond donors (Lipinski definition) is 4. The Hall–Kier alpha value is -1.22. The van der Waals surface area contributed by atoms with Gasteiger partial charge in [-0.15, -0.1) is 0 Å². The molecular formula is C20H36N4O4. The molecule has 8 nitrogen and oxygen atoms in total. The van der Waals surface area contributed by atoms with Crippen molar-refractivity contribution in [3.63, 3.8) is 0 Å². The van der Waals surface area contributed by atoms with E-state index in [9.17, 15) is 9.59 Å². The lowest BCUT2D eigenvalue weighted by atomic mass is 9.81. The maximum absolute atomic E-state index is 12.5. The molecule has 0 heterocycles. The smallest absolute Gasteiger partial charge is 0.310 e. The lowest BCUT2D eigenvalue weighted by molar-refractivity contribution is -0.175. The van der Waals surface area contributed by atoms with Crippen LogP contribution in [0.3, 0.4) is 0 Å². The molecule has 3 rings (SSSR count). The predicted octanol–water partition coefficient (Wildman–Crippen LogP) is 0.992. The number of ether oxygens (including phenoxy) is 2. The summed E-state index contributed by atoms with van der Waals surface area (Å²) in [6.45, 7) is 0. The van der Waals surface area contributed by atoms with Crippen LogP contribution in [0.25, 0.3) is 0 Å². The van der Waals surface area contributed by atoms with Crippen molar-refractivity contribution in [2.75, 3.05) is 0 Å². The second kappa shape index (κ2) is 8.65. The first-order valence-electron chi connectivity index (χ1n) is 10.7. The highest BCUT2D eigenvalue weighted by Gasteiger charge is 2.40. The molecule has 0 bridgehead atoms. The number of hydrogen-bond acceptors (Lipinski definition) is 8. The zero-order valence-corrected chi connectivity index (χ0v) is 16.7. The normalized spacial score (nSPS) is 41.9. The van der Waals surface area contributed by atoms with Crippen LogP contribution in [0.2, 0.25) is 0 Å². The predicted molar refractivity (Wildman–Crippen MR) is 104 cm³/mol. The Morgan fingerprint density at radius 1 is 0.607 bits per heavy atom. The van der Waals surface area contributed by atoms with Crippen molar-refractivity contribution in [2.24, 2.45) is 34.8 Å². The van der Waals surface area contributed by atoms with E-state index >= 15 is 0 Å². The Morgan fingerprint density at radius 2 is 0.893 bits per heavy atom. The molecule has 0 aromatic rings. The van der Waals surface area contributed by atoms with Crippen molar-refractivity contribution >= 4 is 11.9 Å². The molecule has 0 amide bonds. The second-order valence-corrected chi connectivity index (χ2v) is 9.20. The summed E-state index contributed by atoms with van der Waals surface area (Å²) in [5.74, 6) is -0.915. The molecule has 3 aliphatic carbocycles. The minimum absolute atomic E-state index is 0.141. The molecule has 3 fully saturated rings. The molecule has 0 radical (unpaired) electrons. The Kier molecular flexibility index (Phi) is 6.64. The molecule has 0 aromatic heterocycles. The van der Waals surface area contributed by atoms with Crippen LogP contribution in [-0.4, -0.2) is 35.5 Å². The van der Waals surface area contributed by atoms with Gasteiger partial charge in [0.15, 0.2) is 11.4 Å². The van der Waals surface area contributed by atoms with Crippen molar-refractivity contribution in [2.45, 2.75) is 101 Å². The van der Waals surface area contributed by atoms with Crippen molar-refractivity contribution in [3.05, 3.63) is 0 Å². The van der Waals surface area contributed by atoms with E-state index in [1.54, 1.807) is 0 Å². The number of carbonyl (C=O) groups is 2. The molecule has 0 saturated heterocycles. The van der Waals surface area contributed by atoms with E-state index in [0.717, 1.165) is 25.7 Å². The summed E-state index contributed by atoms with van der Waals surface area (Å²) in [6, 6.07) is 0.283. The van der Waals surface area contributed by atoms with Crippen LogP contribution in [0.4, 0.5) is 0 Å². The van der Waals surface area contributed by atoms with E-state index in [1.807, 2.05) is 0 Å². The third-order valence-electron chi connectivity index (χ3n) is 6.75. The second-order valence-electron chi connectivity index (χ2n) is 9.20. The van der Waals surface area contributed by atoms with Crippen LogP contribution in [0.15, 0.2) is 0 Å². The van der Waals surface area contributed by atoms with Gasteiger partial charge in [-0.05, 0) is 51.4 Å². The van der Waals surface area contributed by atoms with Crippen molar-refractivity contribution < 1.29 is 19.1 Å². The average molecular weight is 397 g/mol. The number of rotatable bonds is 4. The zero-order chi connectivity index (χ0) is 20.4. The van der Waals surface area contributed by atoms with Crippen LogP contribution in [0.5, 0.6) is 0 Å². The van der Waals surface area contributed by atoms with E-state index in [1.165, 1.54) is 0 Å². The van der Waals surface area contributed by atoms with Crippen molar-refractivity contribution in [1.82, 2.24) is 0 Å². The highest BCUT2D eigenvalue weighted by Crippen LogP contribution is 2.35. The van der Waals surface area contributed by atoms with Gasteiger partial charge in [-0.25, -0.2) is 0 Å². The summed E-state index contributed by atoms with van der Waals surface area (Å²) < 4.78 is 11.3. The van der Waals surface area contributed by atoms with E-state index in [2.05, 4.69) is 0 Å². The molecule has 0 aromatic carbocycles. The fourth-order valence-corrected chi connectivity index (χ4v) is 4.59. The quantitative estimate of drug-likeness (QED) is 0.405. The number of carbonyl (C=O) groups excluding carboxylic acids is 2. The van der Waals surface area contributed by atoms with E-state index < -0.39 is 11.4 Å². The Bertz CT molecular complexity index is 511. The molecule has 28 heavy (non-hydrogen) atoms. The highest BCUT2D eigenvalue weighted by atomic mass is 16.6. The standard InChI is InChI=1S/C20H36N4O4/c21-15-5-9-19(23,10-6-15)27-17(25)13-1-2-14(4-3-13)18(26)28-20(24)11-7-16(22)8-12-20/h13-16H,1-12,21-24H2. The summed E-state index contributed by atoms with van der Waals surface area (Å²) in [4.78, 5) is 25.1. The van der Waals surface area contributed by atoms with Gasteiger partial charge in [-0.1, -0.05) is 0 Å². The lowest BCUT2D eigenvalue weighted by Gasteiger charge is -2.38. The first-order valence-corrected chi connectivity index (χ1v) is 10.7. The van der Waals surface area contributed by atoms with E-state index in [4.69, 9.17) is 32.4 Å². The fourth-order valence-electron chi connectivity index (χ4n) is 4.59. The number of esters is 2. The Morgan fingerprint density at radius 3 is 1.18 bits per heavy atom. The summed E-state index contributed by atoms with van der Waals surface area (Å²) in [7, 11) is 0. The van der Waals surface area contributed by atoms with Crippen molar-refractivity contribution in [3.8, 4) is 0 Å². The molecular weight excluding hydrogens is 360 g/mol.